The predicted octanol–water partition coefficient (Wildman–Crippen LogP) is 12.6. The molecule has 0 aliphatic heterocycles. The number of nitrogens with one attached hydrogen (secondary N) is 1. The van der Waals surface area contributed by atoms with E-state index in [2.05, 4.69) is 61.8 Å². The molecule has 4 aromatic heterocycles. The molecule has 91 heavy (non-hydrogen) atoms. The molecule has 0 spiro atoms. The average Bonchev–Trinajstić information content (AvgIpc) is 0.879. The minimum atomic E-state index is -5.06. The number of anilines is 2. The Balaban J connectivity index is 0.000000175. The molecule has 468 valence electrons. The third-order valence-electron chi connectivity index (χ3n) is 13.6. The number of nitrogens with zero attached hydrogens (tertiary/aromatic N) is 7. The molecule has 0 bridgehead atoms. The zero-order valence-corrected chi connectivity index (χ0v) is 53.0. The summed E-state index contributed by atoms with van der Waals surface area (Å²) in [5, 5.41) is 19.6. The lowest BCUT2D eigenvalue weighted by atomic mass is 10.1. The van der Waals surface area contributed by atoms with Crippen LogP contribution in [0.5, 0.6) is 28.7 Å². The van der Waals surface area contributed by atoms with Crippen molar-refractivity contribution >= 4 is 85.4 Å². The molecular weight excluding hydrogens is 1360 g/mol. The predicted molar refractivity (Wildman–Crippen MR) is 337 cm³/mol. The van der Waals surface area contributed by atoms with Gasteiger partial charge in [0, 0.05) is 50.8 Å². The highest BCUT2D eigenvalue weighted by Gasteiger charge is 2.32. The van der Waals surface area contributed by atoms with Gasteiger partial charge in [0.05, 0.1) is 62.3 Å². The fourth-order valence-corrected chi connectivity index (χ4v) is 12.0. The highest BCUT2D eigenvalue weighted by molar-refractivity contribution is 9.10. The van der Waals surface area contributed by atoms with E-state index in [1.54, 1.807) is 99.3 Å². The minimum absolute atomic E-state index is 0.0257. The SMILES string of the molecule is COc1cc(Br)ccc1-n1c(=O)ccc2cc(S(=O)(=O)Oc3c(F)c(F)c(F)c(F)c3F)ccc21.COc1ccc(CN(c2cccnn2)S(=O)(=O)c2ccc3c(ccc(=O)n3-c3cc(C)c(Br)cc3OC)c2)cc1.COc1ccc(CNc2cccnn2)cc1. The van der Waals surface area contributed by atoms with Gasteiger partial charge in [-0.25, -0.2) is 25.9 Å². The first kappa shape index (κ1) is 65.7. The van der Waals surface area contributed by atoms with Crippen LogP contribution in [0.15, 0.2) is 205 Å². The molecule has 0 saturated heterocycles. The number of pyridine rings is 2. The topological polar surface area (TPSA) is 225 Å². The van der Waals surface area contributed by atoms with Crippen molar-refractivity contribution in [1.82, 2.24) is 29.5 Å². The molecule has 0 radical (unpaired) electrons. The number of aromatic nitrogens is 6. The molecule has 1 N–H and O–H groups in total. The van der Waals surface area contributed by atoms with Crippen LogP contribution in [0.1, 0.15) is 16.7 Å². The average molecular weight is 1410 g/mol. The van der Waals surface area contributed by atoms with Gasteiger partial charge < -0.3 is 28.4 Å². The Morgan fingerprint density at radius 2 is 1.07 bits per heavy atom. The first-order chi connectivity index (χ1) is 43.6. The Kier molecular flexibility index (Phi) is 20.5. The zero-order chi connectivity index (χ0) is 65.3. The number of benzene rings is 7. The number of halogens is 7. The summed E-state index contributed by atoms with van der Waals surface area (Å²) < 4.78 is 152. The number of hydrogen-bond donors (Lipinski definition) is 1. The van der Waals surface area contributed by atoms with Gasteiger partial charge in [0.2, 0.25) is 34.8 Å². The van der Waals surface area contributed by atoms with Crippen molar-refractivity contribution in [1.29, 1.82) is 0 Å². The van der Waals surface area contributed by atoms with E-state index in [1.165, 1.54) is 63.7 Å². The van der Waals surface area contributed by atoms with Crippen LogP contribution in [0.2, 0.25) is 0 Å². The second-order valence-electron chi connectivity index (χ2n) is 19.2. The van der Waals surface area contributed by atoms with Gasteiger partial charge in [-0.15, -0.1) is 10.2 Å². The maximum atomic E-state index is 14.0. The van der Waals surface area contributed by atoms with Gasteiger partial charge >= 0.3 is 10.1 Å². The van der Waals surface area contributed by atoms with Crippen LogP contribution >= 0.6 is 31.9 Å². The Morgan fingerprint density at radius 1 is 0.538 bits per heavy atom. The molecule has 28 heteroatoms. The molecule has 11 rings (SSSR count). The van der Waals surface area contributed by atoms with E-state index < -0.39 is 65.4 Å². The quantitative estimate of drug-likeness (QED) is 0.0387. The van der Waals surface area contributed by atoms with Crippen LogP contribution in [0.3, 0.4) is 0 Å². The van der Waals surface area contributed by atoms with E-state index in [-0.39, 0.29) is 33.7 Å². The first-order valence-electron chi connectivity index (χ1n) is 26.6. The largest absolute Gasteiger partial charge is 0.497 e. The van der Waals surface area contributed by atoms with Gasteiger partial charge in [0.1, 0.15) is 33.7 Å². The van der Waals surface area contributed by atoms with Crippen molar-refractivity contribution in [3.8, 4) is 40.1 Å². The molecule has 0 saturated carbocycles. The molecule has 0 atom stereocenters. The van der Waals surface area contributed by atoms with Crippen LogP contribution in [-0.2, 0) is 33.2 Å². The molecule has 0 amide bonds. The molecule has 0 aliphatic rings. The summed E-state index contributed by atoms with van der Waals surface area (Å²) in [4.78, 5) is 25.1. The van der Waals surface area contributed by atoms with Crippen molar-refractivity contribution < 1.29 is 61.9 Å². The third kappa shape index (κ3) is 14.6. The van der Waals surface area contributed by atoms with Crippen molar-refractivity contribution in [3.05, 3.63) is 252 Å². The van der Waals surface area contributed by atoms with Crippen LogP contribution in [0, 0.1) is 36.0 Å². The van der Waals surface area contributed by atoms with Crippen molar-refractivity contribution in [2.75, 3.05) is 38.1 Å². The summed E-state index contributed by atoms with van der Waals surface area (Å²) in [5.74, 6) is -10.7. The number of sulfonamides is 1. The Bertz CT molecular complexity index is 4830. The standard InChI is InChI=1S/C29H25BrN4O5S.C22H11BrF5NO5S.C12H13N3O/c1-19-15-26(27(39-3)17-24(19)30)34-25-12-11-23(16-21(25)8-13-29(34)35)40(36,37)33(28-5-4-14-31-32-28)18-20-6-9-22(38-2)10-7-20;1-33-15-9-11(23)3-5-14(15)29-13-6-4-12(8-10(13)2-7-16(29)30)35(31,32)34-22-20(27)18(25)17(24)19(26)21(22)28;1-16-11-6-4-10(5-7-11)9-13-12-3-2-8-14-15-12/h4-17H,18H2,1-3H3;2-9H,1H3;2-8H,9H2,1H3,(H,13,15). The lowest BCUT2D eigenvalue weighted by Gasteiger charge is -2.23. The maximum Gasteiger partial charge on any atom is 0.339 e. The molecule has 7 aromatic carbocycles. The zero-order valence-electron chi connectivity index (χ0n) is 48.2. The molecule has 0 fully saturated rings. The molecule has 0 aliphatic carbocycles. The van der Waals surface area contributed by atoms with Crippen LogP contribution in [0.25, 0.3) is 33.2 Å². The lowest BCUT2D eigenvalue weighted by molar-refractivity contribution is 0.346. The number of rotatable bonds is 17. The van der Waals surface area contributed by atoms with E-state index in [1.807, 2.05) is 49.4 Å². The minimum Gasteiger partial charge on any atom is -0.497 e. The van der Waals surface area contributed by atoms with Gasteiger partial charge in [0.15, 0.2) is 5.82 Å². The number of aryl methyl sites for hydroxylation is 1. The third-order valence-corrected chi connectivity index (χ3v) is 17.9. The van der Waals surface area contributed by atoms with E-state index in [9.17, 15) is 48.4 Å². The summed E-state index contributed by atoms with van der Waals surface area (Å²) in [6, 6.07) is 43.8. The summed E-state index contributed by atoms with van der Waals surface area (Å²) in [7, 11) is -2.99. The normalized spacial score (nSPS) is 11.2. The monoisotopic (exact) mass is 1410 g/mol. The summed E-state index contributed by atoms with van der Waals surface area (Å²) >= 11 is 6.79. The van der Waals surface area contributed by atoms with E-state index in [4.69, 9.17) is 18.9 Å². The van der Waals surface area contributed by atoms with Gasteiger partial charge in [-0.3, -0.25) is 18.7 Å². The highest BCUT2D eigenvalue weighted by Crippen LogP contribution is 2.36. The van der Waals surface area contributed by atoms with Gasteiger partial charge in [-0.05, 0) is 151 Å². The van der Waals surface area contributed by atoms with Crippen molar-refractivity contribution in [2.24, 2.45) is 0 Å². The number of hydrogen-bond acceptors (Lipinski definition) is 16. The number of ether oxygens (including phenoxy) is 4. The van der Waals surface area contributed by atoms with Gasteiger partial charge in [-0.2, -0.15) is 27.4 Å². The first-order valence-corrected chi connectivity index (χ1v) is 31.0. The number of methoxy groups -OCH3 is 4. The van der Waals surface area contributed by atoms with E-state index >= 15 is 0 Å². The van der Waals surface area contributed by atoms with E-state index in [0.29, 0.717) is 44.0 Å². The van der Waals surface area contributed by atoms with Crippen LogP contribution in [0.4, 0.5) is 33.6 Å². The highest BCUT2D eigenvalue weighted by atomic mass is 79.9. The summed E-state index contributed by atoms with van der Waals surface area (Å²) in [5.41, 5.74) is 3.72. The molecule has 0 unspecified atom stereocenters. The smallest absolute Gasteiger partial charge is 0.339 e. The van der Waals surface area contributed by atoms with Gasteiger partial charge in [-0.1, -0.05) is 56.1 Å². The lowest BCUT2D eigenvalue weighted by Crippen LogP contribution is -2.31. The summed E-state index contributed by atoms with van der Waals surface area (Å²) in [6.45, 7) is 2.67. The Morgan fingerprint density at radius 3 is 1.62 bits per heavy atom. The maximum absolute atomic E-state index is 14.0. The molecule has 4 heterocycles. The Hall–Kier alpha value is -9.77. The van der Waals surface area contributed by atoms with Crippen molar-refractivity contribution in [2.45, 2.75) is 29.8 Å². The van der Waals surface area contributed by atoms with Crippen molar-refractivity contribution in [3.63, 3.8) is 0 Å². The van der Waals surface area contributed by atoms with Crippen LogP contribution in [-0.4, -0.2) is 74.8 Å². The Labute approximate surface area is 533 Å². The summed E-state index contributed by atoms with van der Waals surface area (Å²) in [6.07, 6.45) is 3.13. The second-order valence-corrected chi connectivity index (χ2v) is 24.4. The van der Waals surface area contributed by atoms with E-state index in [0.717, 1.165) is 51.9 Å². The van der Waals surface area contributed by atoms with Crippen LogP contribution < -0.4 is 43.9 Å². The fourth-order valence-electron chi connectivity index (χ4n) is 8.97. The fraction of sp³-hybridized carbons (Fsp3) is 0.111. The molecular formula is C63H49Br2F5N8O11S2. The number of fused-ring (bicyclic) bond motifs is 2. The molecule has 11 aromatic rings. The second kappa shape index (κ2) is 28.4. The molecule has 19 nitrogen and oxygen atoms in total. The van der Waals surface area contributed by atoms with Gasteiger partial charge in [0.25, 0.3) is 21.1 Å².